The van der Waals surface area contributed by atoms with Crippen LogP contribution in [0.3, 0.4) is 0 Å². The lowest BCUT2D eigenvalue weighted by molar-refractivity contribution is 0.197. The summed E-state index contributed by atoms with van der Waals surface area (Å²) in [6.45, 7) is 8.77. The van der Waals surface area contributed by atoms with E-state index in [0.717, 1.165) is 12.2 Å². The highest BCUT2D eigenvalue weighted by Crippen LogP contribution is 2.22. The fraction of sp³-hybridized carbons (Fsp3) is 0.625. The van der Waals surface area contributed by atoms with Crippen LogP contribution in [0.4, 0.5) is 0 Å². The summed E-state index contributed by atoms with van der Waals surface area (Å²) in [5, 5.41) is 3.23. The zero-order valence-electron chi connectivity index (χ0n) is 12.4. The van der Waals surface area contributed by atoms with Gasteiger partial charge in [0.2, 0.25) is 0 Å². The largest absolute Gasteiger partial charge is 0.491 e. The molecule has 0 aliphatic heterocycles. The van der Waals surface area contributed by atoms with E-state index in [0.29, 0.717) is 12.0 Å². The number of nitrogens with one attached hydrogen (secondary N) is 1. The van der Waals surface area contributed by atoms with Crippen LogP contribution >= 0.6 is 0 Å². The summed E-state index contributed by atoms with van der Waals surface area (Å²) in [5.41, 5.74) is 1.39. The van der Waals surface area contributed by atoms with Crippen LogP contribution in [0.15, 0.2) is 24.3 Å². The van der Waals surface area contributed by atoms with Crippen LogP contribution in [0.25, 0.3) is 0 Å². The zero-order valence-corrected chi connectivity index (χ0v) is 12.4. The van der Waals surface area contributed by atoms with Gasteiger partial charge in [-0.05, 0) is 57.4 Å². The molecule has 1 rings (SSSR count). The van der Waals surface area contributed by atoms with Crippen molar-refractivity contribution >= 4 is 0 Å². The van der Waals surface area contributed by atoms with Crippen molar-refractivity contribution < 1.29 is 4.74 Å². The summed E-state index contributed by atoms with van der Waals surface area (Å²) in [5.74, 6) is 1.60. The van der Waals surface area contributed by atoms with Crippen molar-refractivity contribution in [2.24, 2.45) is 0 Å². The van der Waals surface area contributed by atoms with Gasteiger partial charge in [-0.15, -0.1) is 0 Å². The van der Waals surface area contributed by atoms with Crippen molar-refractivity contribution in [1.29, 1.82) is 0 Å². The van der Waals surface area contributed by atoms with Gasteiger partial charge >= 0.3 is 0 Å². The van der Waals surface area contributed by atoms with Crippen LogP contribution in [-0.2, 0) is 0 Å². The van der Waals surface area contributed by atoms with Gasteiger partial charge in [0.1, 0.15) is 5.75 Å². The van der Waals surface area contributed by atoms with Crippen molar-refractivity contribution in [2.45, 2.75) is 58.6 Å². The van der Waals surface area contributed by atoms with E-state index in [4.69, 9.17) is 4.74 Å². The van der Waals surface area contributed by atoms with E-state index in [1.165, 1.54) is 12.0 Å². The van der Waals surface area contributed by atoms with Crippen molar-refractivity contribution in [1.82, 2.24) is 5.32 Å². The van der Waals surface area contributed by atoms with E-state index in [2.05, 4.69) is 57.3 Å². The average molecular weight is 249 g/mol. The first kappa shape index (κ1) is 15.0. The minimum absolute atomic E-state index is 0.238. The molecule has 1 aromatic rings. The molecule has 0 amide bonds. The Morgan fingerprint density at radius 3 is 2.22 bits per heavy atom. The standard InChI is InChI=1S/C16H27NO/c1-6-12(2)15-7-9-16(10-8-15)18-14(4)11-13(3)17-5/h7-10,12-14,17H,6,11H2,1-5H3. The van der Waals surface area contributed by atoms with Crippen LogP contribution in [0, 0.1) is 0 Å². The molecule has 3 unspecified atom stereocenters. The molecule has 0 bridgehead atoms. The molecule has 0 saturated heterocycles. The molecule has 0 spiro atoms. The van der Waals surface area contributed by atoms with E-state index in [9.17, 15) is 0 Å². The third kappa shape index (κ3) is 4.69. The smallest absolute Gasteiger partial charge is 0.119 e. The van der Waals surface area contributed by atoms with Crippen LogP contribution in [-0.4, -0.2) is 19.2 Å². The number of hydrogen-bond acceptors (Lipinski definition) is 2. The van der Waals surface area contributed by atoms with E-state index >= 15 is 0 Å². The first-order valence-electron chi connectivity index (χ1n) is 7.00. The van der Waals surface area contributed by atoms with Crippen molar-refractivity contribution in [2.75, 3.05) is 7.05 Å². The predicted molar refractivity (Wildman–Crippen MR) is 78.4 cm³/mol. The fourth-order valence-corrected chi connectivity index (χ4v) is 2.01. The first-order chi connectivity index (χ1) is 8.56. The first-order valence-corrected chi connectivity index (χ1v) is 7.00. The molecule has 1 N–H and O–H groups in total. The molecule has 0 aromatic heterocycles. The lowest BCUT2D eigenvalue weighted by Gasteiger charge is -2.19. The highest BCUT2D eigenvalue weighted by atomic mass is 16.5. The molecular weight excluding hydrogens is 222 g/mol. The molecule has 2 heteroatoms. The van der Waals surface area contributed by atoms with E-state index in [-0.39, 0.29) is 6.10 Å². The Morgan fingerprint density at radius 2 is 1.72 bits per heavy atom. The minimum atomic E-state index is 0.238. The van der Waals surface area contributed by atoms with Gasteiger partial charge in [-0.1, -0.05) is 26.0 Å². The van der Waals surface area contributed by atoms with E-state index in [1.54, 1.807) is 0 Å². The second kappa shape index (κ2) is 7.42. The third-order valence-electron chi connectivity index (χ3n) is 3.58. The SMILES string of the molecule is CCC(C)c1ccc(OC(C)CC(C)NC)cc1. The minimum Gasteiger partial charge on any atom is -0.491 e. The van der Waals surface area contributed by atoms with E-state index in [1.807, 2.05) is 7.05 Å². The molecule has 0 aliphatic carbocycles. The van der Waals surface area contributed by atoms with Gasteiger partial charge in [0.15, 0.2) is 0 Å². The molecule has 1 aromatic carbocycles. The second-order valence-corrected chi connectivity index (χ2v) is 5.23. The topological polar surface area (TPSA) is 21.3 Å². The Morgan fingerprint density at radius 1 is 1.11 bits per heavy atom. The van der Waals surface area contributed by atoms with Gasteiger partial charge in [-0.2, -0.15) is 0 Å². The zero-order chi connectivity index (χ0) is 13.5. The summed E-state index contributed by atoms with van der Waals surface area (Å²) < 4.78 is 5.92. The lowest BCUT2D eigenvalue weighted by Crippen LogP contribution is -2.28. The summed E-state index contributed by atoms with van der Waals surface area (Å²) >= 11 is 0. The Kier molecular flexibility index (Phi) is 6.20. The van der Waals surface area contributed by atoms with E-state index < -0.39 is 0 Å². The fourth-order valence-electron chi connectivity index (χ4n) is 2.01. The predicted octanol–water partition coefficient (Wildman–Crippen LogP) is 3.97. The van der Waals surface area contributed by atoms with Gasteiger partial charge in [-0.3, -0.25) is 0 Å². The monoisotopic (exact) mass is 249 g/mol. The lowest BCUT2D eigenvalue weighted by atomic mass is 9.99. The summed E-state index contributed by atoms with van der Waals surface area (Å²) in [4.78, 5) is 0. The maximum atomic E-state index is 5.92. The highest BCUT2D eigenvalue weighted by Gasteiger charge is 2.09. The Bertz CT molecular complexity index is 333. The van der Waals surface area contributed by atoms with Crippen molar-refractivity contribution in [3.63, 3.8) is 0 Å². The molecule has 2 nitrogen and oxygen atoms in total. The summed E-state index contributed by atoms with van der Waals surface area (Å²) in [6, 6.07) is 9.01. The molecule has 0 heterocycles. The highest BCUT2D eigenvalue weighted by molar-refractivity contribution is 5.29. The van der Waals surface area contributed by atoms with Gasteiger partial charge in [-0.25, -0.2) is 0 Å². The molecule has 0 saturated carbocycles. The van der Waals surface area contributed by atoms with Crippen LogP contribution in [0.2, 0.25) is 0 Å². The molecule has 0 radical (unpaired) electrons. The third-order valence-corrected chi connectivity index (χ3v) is 3.58. The molecule has 3 atom stereocenters. The number of benzene rings is 1. The molecule has 0 aliphatic rings. The maximum absolute atomic E-state index is 5.92. The van der Waals surface area contributed by atoms with Crippen LogP contribution in [0.5, 0.6) is 5.75 Å². The molecule has 102 valence electrons. The van der Waals surface area contributed by atoms with Crippen molar-refractivity contribution in [3.05, 3.63) is 29.8 Å². The number of rotatable bonds is 7. The number of ether oxygens (including phenoxy) is 1. The van der Waals surface area contributed by atoms with Crippen LogP contribution in [0.1, 0.15) is 52.0 Å². The molecule has 18 heavy (non-hydrogen) atoms. The second-order valence-electron chi connectivity index (χ2n) is 5.23. The van der Waals surface area contributed by atoms with Gasteiger partial charge < -0.3 is 10.1 Å². The van der Waals surface area contributed by atoms with Gasteiger partial charge in [0.05, 0.1) is 6.10 Å². The Labute approximate surface area is 112 Å². The van der Waals surface area contributed by atoms with Crippen LogP contribution < -0.4 is 10.1 Å². The Hall–Kier alpha value is -1.02. The molecular formula is C16H27NO. The number of hydrogen-bond donors (Lipinski definition) is 1. The normalized spacial score (nSPS) is 16.1. The maximum Gasteiger partial charge on any atom is 0.119 e. The van der Waals surface area contributed by atoms with Gasteiger partial charge in [0.25, 0.3) is 0 Å². The molecule has 0 fully saturated rings. The van der Waals surface area contributed by atoms with Crippen molar-refractivity contribution in [3.8, 4) is 5.75 Å². The average Bonchev–Trinajstić information content (AvgIpc) is 2.38. The van der Waals surface area contributed by atoms with Gasteiger partial charge in [0, 0.05) is 6.04 Å². The summed E-state index contributed by atoms with van der Waals surface area (Å²) in [7, 11) is 1.98. The summed E-state index contributed by atoms with van der Waals surface area (Å²) in [6.07, 6.45) is 2.43. The quantitative estimate of drug-likeness (QED) is 0.789. The Balaban J connectivity index is 2.53.